The van der Waals surface area contributed by atoms with Gasteiger partial charge < -0.3 is 0 Å². The second-order valence-corrected chi connectivity index (χ2v) is 9.14. The van der Waals surface area contributed by atoms with Gasteiger partial charge in [0.15, 0.2) is 5.82 Å². The molecular weight excluding hydrogens is 485 g/mol. The van der Waals surface area contributed by atoms with Crippen LogP contribution in [0.25, 0.3) is 0 Å². The third kappa shape index (κ3) is 4.53. The zero-order valence-electron chi connectivity index (χ0n) is 13.0. The second-order valence-electron chi connectivity index (χ2n) is 5.32. The molecule has 0 spiro atoms. The molecule has 0 atom stereocenters. The number of sulfonamides is 1. The van der Waals surface area contributed by atoms with Gasteiger partial charge in [0.1, 0.15) is 0 Å². The summed E-state index contributed by atoms with van der Waals surface area (Å²) in [5, 5.41) is 5.76. The summed E-state index contributed by atoms with van der Waals surface area (Å²) in [6.45, 7) is 0.358. The van der Waals surface area contributed by atoms with Crippen LogP contribution in [-0.2, 0) is 16.6 Å². The Balaban J connectivity index is 1.83. The Kier molecular flexibility index (Phi) is 5.84. The predicted molar refractivity (Wildman–Crippen MR) is 108 cm³/mol. The molecule has 10 heteroatoms. The van der Waals surface area contributed by atoms with Crippen molar-refractivity contribution < 1.29 is 8.42 Å². The van der Waals surface area contributed by atoms with Gasteiger partial charge in [-0.05, 0) is 57.9 Å². The molecular formula is C16H11BrCl3N3O2S. The number of benzene rings is 2. The molecule has 0 amide bonds. The first-order valence-corrected chi connectivity index (χ1v) is 10.6. The summed E-state index contributed by atoms with van der Waals surface area (Å²) < 4.78 is 29.4. The standard InChI is InChI=1S/C16H11BrCl3N3O2S/c17-14-9-23(8-10-1-2-12(19)7-15(10)20)21-16(14)22-26(24,25)13-5-3-11(18)4-6-13/h1-7,9H,8H2,(H,21,22). The van der Waals surface area contributed by atoms with Crippen molar-refractivity contribution in [1.82, 2.24) is 9.78 Å². The molecule has 26 heavy (non-hydrogen) atoms. The van der Waals surface area contributed by atoms with E-state index >= 15 is 0 Å². The predicted octanol–water partition coefficient (Wildman–Crippen LogP) is 5.45. The van der Waals surface area contributed by atoms with Crippen molar-refractivity contribution >= 4 is 66.6 Å². The highest BCUT2D eigenvalue weighted by molar-refractivity contribution is 9.10. The molecule has 0 bridgehead atoms. The van der Waals surface area contributed by atoms with Crippen molar-refractivity contribution in [2.75, 3.05) is 4.72 Å². The number of hydrogen-bond donors (Lipinski definition) is 1. The average molecular weight is 496 g/mol. The number of halogens is 4. The van der Waals surface area contributed by atoms with Crippen LogP contribution >= 0.6 is 50.7 Å². The SMILES string of the molecule is O=S(=O)(Nc1nn(Cc2ccc(Cl)cc2Cl)cc1Br)c1ccc(Cl)cc1. The van der Waals surface area contributed by atoms with Gasteiger partial charge in [-0.15, -0.1) is 0 Å². The summed E-state index contributed by atoms with van der Waals surface area (Å²) in [5.74, 6) is 0.171. The molecule has 1 N–H and O–H groups in total. The lowest BCUT2D eigenvalue weighted by atomic mass is 10.2. The lowest BCUT2D eigenvalue weighted by Gasteiger charge is -2.07. The van der Waals surface area contributed by atoms with Crippen molar-refractivity contribution in [3.8, 4) is 0 Å². The summed E-state index contributed by atoms with van der Waals surface area (Å²) in [6.07, 6.45) is 1.66. The van der Waals surface area contributed by atoms with Crippen LogP contribution in [0.3, 0.4) is 0 Å². The van der Waals surface area contributed by atoms with Gasteiger partial charge in [0, 0.05) is 21.3 Å². The van der Waals surface area contributed by atoms with Crippen LogP contribution in [0.15, 0.2) is 58.0 Å². The van der Waals surface area contributed by atoms with E-state index in [1.54, 1.807) is 29.1 Å². The van der Waals surface area contributed by atoms with Crippen LogP contribution in [0.5, 0.6) is 0 Å². The Morgan fingerprint density at radius 2 is 1.69 bits per heavy atom. The molecule has 5 nitrogen and oxygen atoms in total. The van der Waals surface area contributed by atoms with E-state index in [-0.39, 0.29) is 10.7 Å². The van der Waals surface area contributed by atoms with Crippen molar-refractivity contribution in [2.24, 2.45) is 0 Å². The topological polar surface area (TPSA) is 64.0 Å². The summed E-state index contributed by atoms with van der Waals surface area (Å²) in [5.41, 5.74) is 0.804. The summed E-state index contributed by atoms with van der Waals surface area (Å²) in [6, 6.07) is 11.0. The van der Waals surface area contributed by atoms with Crippen LogP contribution in [0.2, 0.25) is 15.1 Å². The largest absolute Gasteiger partial charge is 0.265 e. The maximum absolute atomic E-state index is 12.5. The molecule has 2 aromatic carbocycles. The molecule has 136 valence electrons. The van der Waals surface area contributed by atoms with E-state index in [0.717, 1.165) is 5.56 Å². The van der Waals surface area contributed by atoms with Crippen molar-refractivity contribution in [3.05, 3.63) is 73.8 Å². The van der Waals surface area contributed by atoms with E-state index in [1.807, 2.05) is 0 Å². The lowest BCUT2D eigenvalue weighted by Crippen LogP contribution is -2.14. The zero-order valence-corrected chi connectivity index (χ0v) is 17.6. The number of anilines is 1. The quantitative estimate of drug-likeness (QED) is 0.512. The molecule has 3 rings (SSSR count). The normalized spacial score (nSPS) is 11.5. The highest BCUT2D eigenvalue weighted by Gasteiger charge is 2.18. The minimum absolute atomic E-state index is 0.0871. The Labute approximate surface area is 174 Å². The monoisotopic (exact) mass is 493 g/mol. The number of nitrogens with zero attached hydrogens (tertiary/aromatic N) is 2. The first kappa shape index (κ1) is 19.5. The fraction of sp³-hybridized carbons (Fsp3) is 0.0625. The average Bonchev–Trinajstić information content (AvgIpc) is 2.89. The van der Waals surface area contributed by atoms with Gasteiger partial charge in [-0.1, -0.05) is 40.9 Å². The van der Waals surface area contributed by atoms with Gasteiger partial charge in [0.25, 0.3) is 10.0 Å². The van der Waals surface area contributed by atoms with Gasteiger partial charge in [-0.2, -0.15) is 5.10 Å². The van der Waals surface area contributed by atoms with E-state index < -0.39 is 10.0 Å². The van der Waals surface area contributed by atoms with Crippen LogP contribution in [-0.4, -0.2) is 18.2 Å². The maximum Gasteiger partial charge on any atom is 0.263 e. The van der Waals surface area contributed by atoms with E-state index in [4.69, 9.17) is 34.8 Å². The summed E-state index contributed by atoms with van der Waals surface area (Å²) in [4.78, 5) is 0.0871. The highest BCUT2D eigenvalue weighted by Crippen LogP contribution is 2.26. The Morgan fingerprint density at radius 1 is 1.04 bits per heavy atom. The van der Waals surface area contributed by atoms with Gasteiger partial charge in [-0.3, -0.25) is 9.40 Å². The molecule has 0 aliphatic carbocycles. The van der Waals surface area contributed by atoms with Gasteiger partial charge in [0.05, 0.1) is 15.9 Å². The fourth-order valence-corrected chi connectivity index (χ4v) is 4.33. The molecule has 0 saturated heterocycles. The van der Waals surface area contributed by atoms with Crippen molar-refractivity contribution in [1.29, 1.82) is 0 Å². The lowest BCUT2D eigenvalue weighted by molar-refractivity contribution is 0.600. The minimum Gasteiger partial charge on any atom is -0.265 e. The van der Waals surface area contributed by atoms with Crippen LogP contribution < -0.4 is 4.72 Å². The molecule has 0 unspecified atom stereocenters. The fourth-order valence-electron chi connectivity index (χ4n) is 2.17. The summed E-state index contributed by atoms with van der Waals surface area (Å²) >= 11 is 21.2. The molecule has 0 saturated carbocycles. The number of nitrogens with one attached hydrogen (secondary N) is 1. The first-order valence-electron chi connectivity index (χ1n) is 7.20. The summed E-state index contributed by atoms with van der Waals surface area (Å²) in [7, 11) is -3.78. The number of hydrogen-bond acceptors (Lipinski definition) is 3. The number of aromatic nitrogens is 2. The Morgan fingerprint density at radius 3 is 2.35 bits per heavy atom. The molecule has 3 aromatic rings. The Hall–Kier alpha value is -1.25. The minimum atomic E-state index is -3.78. The van der Waals surface area contributed by atoms with E-state index in [0.29, 0.717) is 26.1 Å². The van der Waals surface area contributed by atoms with Gasteiger partial charge >= 0.3 is 0 Å². The molecule has 0 aliphatic heterocycles. The Bertz CT molecular complexity index is 1050. The molecule has 0 fully saturated rings. The number of rotatable bonds is 5. The molecule has 0 radical (unpaired) electrons. The molecule has 0 aliphatic rings. The first-order chi connectivity index (χ1) is 12.2. The maximum atomic E-state index is 12.5. The van der Waals surface area contributed by atoms with Crippen molar-refractivity contribution in [3.63, 3.8) is 0 Å². The van der Waals surface area contributed by atoms with E-state index in [1.165, 1.54) is 24.3 Å². The smallest absolute Gasteiger partial charge is 0.263 e. The zero-order chi connectivity index (χ0) is 18.9. The second kappa shape index (κ2) is 7.78. The van der Waals surface area contributed by atoms with Gasteiger partial charge in [-0.25, -0.2) is 8.42 Å². The van der Waals surface area contributed by atoms with Crippen LogP contribution in [0, 0.1) is 0 Å². The van der Waals surface area contributed by atoms with E-state index in [9.17, 15) is 8.42 Å². The van der Waals surface area contributed by atoms with Crippen LogP contribution in [0.1, 0.15) is 5.56 Å². The van der Waals surface area contributed by atoms with Gasteiger partial charge in [0.2, 0.25) is 0 Å². The van der Waals surface area contributed by atoms with Crippen molar-refractivity contribution in [2.45, 2.75) is 11.4 Å². The highest BCUT2D eigenvalue weighted by atomic mass is 79.9. The third-order valence-electron chi connectivity index (χ3n) is 3.42. The van der Waals surface area contributed by atoms with E-state index in [2.05, 4.69) is 25.8 Å². The molecule has 1 aromatic heterocycles. The van der Waals surface area contributed by atoms with Crippen LogP contribution in [0.4, 0.5) is 5.82 Å². The molecule has 1 heterocycles. The third-order valence-corrected chi connectivity index (χ3v) is 6.19.